The minimum Gasteiger partial charge on any atom is -0.446 e. The Bertz CT molecular complexity index is 696. The lowest BCUT2D eigenvalue weighted by Crippen LogP contribution is -1.80. The maximum absolute atomic E-state index is 10.8. The fourth-order valence-corrected chi connectivity index (χ4v) is 2.72. The van der Waals surface area contributed by atoms with E-state index in [4.69, 9.17) is 4.42 Å². The van der Waals surface area contributed by atoms with Gasteiger partial charge in [-0.05, 0) is 30.7 Å². The molecule has 0 atom stereocenters. The molecular formula is C13H9NO2S. The number of furan rings is 1. The summed E-state index contributed by atoms with van der Waals surface area (Å²) in [5, 5.41) is 0.973. The molecule has 0 bridgehead atoms. The number of hydrogen-bond donors (Lipinski definition) is 0. The monoisotopic (exact) mass is 243 g/mol. The van der Waals surface area contributed by atoms with Crippen LogP contribution in [0.4, 0.5) is 0 Å². The second-order valence-corrected chi connectivity index (χ2v) is 5.06. The second-order valence-electron chi connectivity index (χ2n) is 3.78. The summed E-state index contributed by atoms with van der Waals surface area (Å²) >= 11 is 1.50. The lowest BCUT2D eigenvalue weighted by Gasteiger charge is -1.98. The van der Waals surface area contributed by atoms with E-state index in [1.807, 2.05) is 25.1 Å². The molecule has 3 heterocycles. The van der Waals surface area contributed by atoms with Gasteiger partial charge in [0.1, 0.15) is 0 Å². The largest absolute Gasteiger partial charge is 0.446 e. The van der Waals surface area contributed by atoms with Gasteiger partial charge in [0.25, 0.3) is 0 Å². The summed E-state index contributed by atoms with van der Waals surface area (Å²) in [7, 11) is 0. The zero-order valence-electron chi connectivity index (χ0n) is 9.14. The first-order chi connectivity index (χ1) is 8.28. The van der Waals surface area contributed by atoms with Crippen molar-refractivity contribution >= 4 is 28.7 Å². The van der Waals surface area contributed by atoms with Gasteiger partial charge in [-0.3, -0.25) is 4.79 Å². The van der Waals surface area contributed by atoms with E-state index in [1.54, 1.807) is 12.5 Å². The Kier molecular flexibility index (Phi) is 2.30. The number of pyridine rings is 1. The average Bonchev–Trinajstić information content (AvgIpc) is 2.93. The van der Waals surface area contributed by atoms with E-state index in [9.17, 15) is 4.79 Å². The van der Waals surface area contributed by atoms with Crippen molar-refractivity contribution in [2.75, 3.05) is 0 Å². The highest BCUT2D eigenvalue weighted by atomic mass is 32.1. The van der Waals surface area contributed by atoms with Crippen LogP contribution in [0.3, 0.4) is 0 Å². The van der Waals surface area contributed by atoms with Crippen LogP contribution in [-0.2, 0) is 0 Å². The van der Waals surface area contributed by atoms with Gasteiger partial charge in [0.2, 0.25) is 5.71 Å². The minimum absolute atomic E-state index is 0.636. The zero-order valence-corrected chi connectivity index (χ0v) is 9.95. The number of aryl methyl sites for hydroxylation is 1. The molecule has 0 aliphatic heterocycles. The standard InChI is InChI=1S/C13H9NO2S/c1-8-12(5-11(7-15)17-8)10-4-9-2-3-16-13(9)14-6-10/h2-7H,1H3. The molecule has 4 heteroatoms. The van der Waals surface area contributed by atoms with Crippen molar-refractivity contribution in [2.45, 2.75) is 6.92 Å². The summed E-state index contributed by atoms with van der Waals surface area (Å²) in [6.45, 7) is 2.01. The molecule has 3 aromatic heterocycles. The van der Waals surface area contributed by atoms with Crippen LogP contribution in [0.2, 0.25) is 0 Å². The lowest BCUT2D eigenvalue weighted by molar-refractivity contribution is 0.112. The SMILES string of the molecule is Cc1sc(C=O)cc1-c1cnc2occc2c1. The summed E-state index contributed by atoms with van der Waals surface area (Å²) in [4.78, 5) is 16.9. The molecule has 0 unspecified atom stereocenters. The van der Waals surface area contributed by atoms with E-state index < -0.39 is 0 Å². The van der Waals surface area contributed by atoms with E-state index in [-0.39, 0.29) is 0 Å². The molecule has 0 aliphatic carbocycles. The quantitative estimate of drug-likeness (QED) is 0.645. The van der Waals surface area contributed by atoms with Gasteiger partial charge in [0.15, 0.2) is 6.29 Å². The summed E-state index contributed by atoms with van der Waals surface area (Å²) < 4.78 is 5.20. The molecular weight excluding hydrogens is 234 g/mol. The van der Waals surface area contributed by atoms with Crippen LogP contribution < -0.4 is 0 Å². The maximum Gasteiger partial charge on any atom is 0.225 e. The molecule has 0 saturated carbocycles. The molecule has 0 spiro atoms. The van der Waals surface area contributed by atoms with Gasteiger partial charge in [0, 0.05) is 22.0 Å². The van der Waals surface area contributed by atoms with Crippen molar-refractivity contribution in [3.05, 3.63) is 40.4 Å². The number of fused-ring (bicyclic) bond motifs is 1. The molecule has 84 valence electrons. The highest BCUT2D eigenvalue weighted by Crippen LogP contribution is 2.31. The Hall–Kier alpha value is -1.94. The number of aromatic nitrogens is 1. The smallest absolute Gasteiger partial charge is 0.225 e. The topological polar surface area (TPSA) is 43.1 Å². The number of thiophene rings is 1. The van der Waals surface area contributed by atoms with Crippen molar-refractivity contribution in [3.8, 4) is 11.1 Å². The molecule has 17 heavy (non-hydrogen) atoms. The van der Waals surface area contributed by atoms with Crippen molar-refractivity contribution in [1.29, 1.82) is 0 Å². The van der Waals surface area contributed by atoms with Gasteiger partial charge in [-0.15, -0.1) is 11.3 Å². The van der Waals surface area contributed by atoms with Crippen LogP contribution in [0.5, 0.6) is 0 Å². The fourth-order valence-electron chi connectivity index (χ4n) is 1.86. The highest BCUT2D eigenvalue weighted by Gasteiger charge is 2.09. The van der Waals surface area contributed by atoms with Crippen LogP contribution >= 0.6 is 11.3 Å². The predicted molar refractivity (Wildman–Crippen MR) is 67.4 cm³/mol. The minimum atomic E-state index is 0.636. The third-order valence-electron chi connectivity index (χ3n) is 2.67. The third kappa shape index (κ3) is 1.66. The lowest BCUT2D eigenvalue weighted by atomic mass is 10.1. The highest BCUT2D eigenvalue weighted by molar-refractivity contribution is 7.14. The summed E-state index contributed by atoms with van der Waals surface area (Å²) in [5.41, 5.74) is 2.71. The normalized spacial score (nSPS) is 10.9. The number of hydrogen-bond acceptors (Lipinski definition) is 4. The number of rotatable bonds is 2. The summed E-state index contributed by atoms with van der Waals surface area (Å²) in [6.07, 6.45) is 4.28. The number of carbonyl (C=O) groups excluding carboxylic acids is 1. The average molecular weight is 243 g/mol. The first-order valence-corrected chi connectivity index (χ1v) is 5.99. The first-order valence-electron chi connectivity index (χ1n) is 5.17. The summed E-state index contributed by atoms with van der Waals surface area (Å²) in [5.74, 6) is 0. The Morgan fingerprint density at radius 3 is 3.06 bits per heavy atom. The van der Waals surface area contributed by atoms with E-state index >= 15 is 0 Å². The summed E-state index contributed by atoms with van der Waals surface area (Å²) in [6, 6.07) is 5.81. The third-order valence-corrected chi connectivity index (χ3v) is 3.65. The number of nitrogens with zero attached hydrogens (tertiary/aromatic N) is 1. The van der Waals surface area contributed by atoms with Crippen LogP contribution in [0.25, 0.3) is 22.2 Å². The Balaban J connectivity index is 2.18. The van der Waals surface area contributed by atoms with Crippen molar-refractivity contribution in [3.63, 3.8) is 0 Å². The van der Waals surface area contributed by atoms with Crippen LogP contribution in [-0.4, -0.2) is 11.3 Å². The first kappa shape index (κ1) is 10.2. The van der Waals surface area contributed by atoms with Crippen molar-refractivity contribution in [2.24, 2.45) is 0 Å². The molecule has 0 saturated heterocycles. The van der Waals surface area contributed by atoms with Gasteiger partial charge in [-0.2, -0.15) is 0 Å². The van der Waals surface area contributed by atoms with Crippen LogP contribution in [0, 0.1) is 6.92 Å². The van der Waals surface area contributed by atoms with E-state index in [2.05, 4.69) is 4.98 Å². The van der Waals surface area contributed by atoms with E-state index in [1.165, 1.54) is 11.3 Å². The van der Waals surface area contributed by atoms with Gasteiger partial charge in [-0.25, -0.2) is 4.98 Å². The molecule has 0 aliphatic rings. The number of aldehydes is 1. The van der Waals surface area contributed by atoms with Gasteiger partial charge in [-0.1, -0.05) is 0 Å². The van der Waals surface area contributed by atoms with Gasteiger partial charge in [0.05, 0.1) is 11.1 Å². The molecule has 0 aromatic carbocycles. The fraction of sp³-hybridized carbons (Fsp3) is 0.0769. The molecule has 0 amide bonds. The predicted octanol–water partition coefficient (Wildman–Crippen LogP) is 3.68. The van der Waals surface area contributed by atoms with Crippen molar-refractivity contribution < 1.29 is 9.21 Å². The van der Waals surface area contributed by atoms with E-state index in [0.717, 1.165) is 32.6 Å². The van der Waals surface area contributed by atoms with Gasteiger partial charge < -0.3 is 4.42 Å². The Morgan fingerprint density at radius 2 is 2.29 bits per heavy atom. The molecule has 3 nitrogen and oxygen atoms in total. The molecule has 0 fully saturated rings. The van der Waals surface area contributed by atoms with E-state index in [0.29, 0.717) is 5.71 Å². The van der Waals surface area contributed by atoms with Crippen LogP contribution in [0.1, 0.15) is 14.5 Å². The molecule has 3 aromatic rings. The second kappa shape index (κ2) is 3.82. The molecule has 0 radical (unpaired) electrons. The van der Waals surface area contributed by atoms with Crippen molar-refractivity contribution in [1.82, 2.24) is 4.98 Å². The number of carbonyl (C=O) groups is 1. The molecule has 3 rings (SSSR count). The zero-order chi connectivity index (χ0) is 11.8. The molecule has 0 N–H and O–H groups in total. The Morgan fingerprint density at radius 1 is 1.41 bits per heavy atom. The van der Waals surface area contributed by atoms with Gasteiger partial charge >= 0.3 is 0 Å². The van der Waals surface area contributed by atoms with Crippen LogP contribution in [0.15, 0.2) is 35.1 Å². The Labute approximate surface area is 102 Å². The maximum atomic E-state index is 10.8.